The second-order valence-electron chi connectivity index (χ2n) is 6.27. The molecule has 1 fully saturated rings. The van der Waals surface area contributed by atoms with Gasteiger partial charge in [-0.05, 0) is 33.6 Å². The van der Waals surface area contributed by atoms with Crippen molar-refractivity contribution in [1.29, 1.82) is 0 Å². The van der Waals surface area contributed by atoms with Crippen LogP contribution < -0.4 is 5.32 Å². The first-order chi connectivity index (χ1) is 9.30. The molecule has 1 aliphatic rings. The summed E-state index contributed by atoms with van der Waals surface area (Å²) in [4.78, 5) is 26.2. The lowest BCUT2D eigenvalue weighted by Gasteiger charge is -2.39. The van der Waals surface area contributed by atoms with Gasteiger partial charge in [0.15, 0.2) is 0 Å². The molecule has 1 N–H and O–H groups in total. The number of ether oxygens (including phenoxy) is 1. The SMILES string of the molecule is CCCC1C(=O)NC(CC)C(=O)N1CCOC(C)(C)C. The van der Waals surface area contributed by atoms with Gasteiger partial charge in [-0.3, -0.25) is 9.59 Å². The van der Waals surface area contributed by atoms with E-state index < -0.39 is 0 Å². The molecule has 1 heterocycles. The van der Waals surface area contributed by atoms with Gasteiger partial charge < -0.3 is 15.0 Å². The zero-order chi connectivity index (χ0) is 15.3. The normalized spacial score (nSPS) is 23.9. The molecule has 0 aromatic rings. The third-order valence-corrected chi connectivity index (χ3v) is 3.41. The standard InChI is InChI=1S/C15H28N2O3/c1-6-8-12-13(18)16-11(7-2)14(19)17(12)9-10-20-15(3,4)5/h11-12H,6-10H2,1-5H3,(H,16,18). The number of carbonyl (C=O) groups excluding carboxylic acids is 2. The third-order valence-electron chi connectivity index (χ3n) is 3.41. The smallest absolute Gasteiger partial charge is 0.245 e. The average Bonchev–Trinajstić information content (AvgIpc) is 2.35. The number of amides is 2. The molecule has 116 valence electrons. The summed E-state index contributed by atoms with van der Waals surface area (Å²) in [6.07, 6.45) is 2.20. The fourth-order valence-electron chi connectivity index (χ4n) is 2.38. The summed E-state index contributed by atoms with van der Waals surface area (Å²) in [7, 11) is 0. The minimum atomic E-state index is -0.384. The van der Waals surface area contributed by atoms with Crippen molar-refractivity contribution in [1.82, 2.24) is 10.2 Å². The van der Waals surface area contributed by atoms with E-state index in [9.17, 15) is 9.59 Å². The molecule has 0 radical (unpaired) electrons. The van der Waals surface area contributed by atoms with Crippen LogP contribution in [0.2, 0.25) is 0 Å². The maximum atomic E-state index is 12.4. The number of hydrogen-bond acceptors (Lipinski definition) is 3. The molecule has 20 heavy (non-hydrogen) atoms. The predicted octanol–water partition coefficient (Wildman–Crippen LogP) is 1.71. The fourth-order valence-corrected chi connectivity index (χ4v) is 2.38. The van der Waals surface area contributed by atoms with E-state index >= 15 is 0 Å². The Hall–Kier alpha value is -1.10. The summed E-state index contributed by atoms with van der Waals surface area (Å²) in [5.74, 6) is -0.0166. The highest BCUT2D eigenvalue weighted by Gasteiger charge is 2.38. The van der Waals surface area contributed by atoms with Gasteiger partial charge in [-0.25, -0.2) is 0 Å². The molecule has 0 saturated carbocycles. The van der Waals surface area contributed by atoms with Crippen molar-refractivity contribution in [3.8, 4) is 0 Å². The molecule has 1 saturated heterocycles. The topological polar surface area (TPSA) is 58.6 Å². The van der Waals surface area contributed by atoms with E-state index in [4.69, 9.17) is 4.74 Å². The van der Waals surface area contributed by atoms with Crippen LogP contribution in [0.4, 0.5) is 0 Å². The zero-order valence-corrected chi connectivity index (χ0v) is 13.4. The van der Waals surface area contributed by atoms with Gasteiger partial charge in [0.1, 0.15) is 12.1 Å². The number of piperazine rings is 1. The molecule has 2 atom stereocenters. The maximum Gasteiger partial charge on any atom is 0.245 e. The van der Waals surface area contributed by atoms with E-state index in [1.807, 2.05) is 34.6 Å². The average molecular weight is 284 g/mol. The molecule has 0 spiro atoms. The van der Waals surface area contributed by atoms with Crippen LogP contribution in [-0.4, -0.2) is 47.6 Å². The molecule has 1 rings (SSSR count). The fraction of sp³-hybridized carbons (Fsp3) is 0.867. The van der Waals surface area contributed by atoms with E-state index in [0.29, 0.717) is 26.0 Å². The second-order valence-corrected chi connectivity index (χ2v) is 6.27. The minimum Gasteiger partial charge on any atom is -0.374 e. The first-order valence-corrected chi connectivity index (χ1v) is 7.55. The van der Waals surface area contributed by atoms with E-state index in [2.05, 4.69) is 5.32 Å². The van der Waals surface area contributed by atoms with Crippen molar-refractivity contribution in [2.75, 3.05) is 13.2 Å². The maximum absolute atomic E-state index is 12.4. The Morgan fingerprint density at radius 2 is 1.90 bits per heavy atom. The highest BCUT2D eigenvalue weighted by Crippen LogP contribution is 2.17. The molecule has 2 unspecified atom stereocenters. The van der Waals surface area contributed by atoms with E-state index in [1.165, 1.54) is 0 Å². The lowest BCUT2D eigenvalue weighted by molar-refractivity contribution is -0.151. The van der Waals surface area contributed by atoms with Gasteiger partial charge in [-0.1, -0.05) is 20.3 Å². The molecular formula is C15H28N2O3. The van der Waals surface area contributed by atoms with Crippen LogP contribution >= 0.6 is 0 Å². The number of carbonyl (C=O) groups is 2. The van der Waals surface area contributed by atoms with Crippen LogP contribution in [0, 0.1) is 0 Å². The van der Waals surface area contributed by atoms with E-state index in [0.717, 1.165) is 6.42 Å². The van der Waals surface area contributed by atoms with Crippen LogP contribution in [0.15, 0.2) is 0 Å². The second kappa shape index (κ2) is 7.07. The molecule has 5 nitrogen and oxygen atoms in total. The quantitative estimate of drug-likeness (QED) is 0.808. The van der Waals surface area contributed by atoms with Crippen molar-refractivity contribution in [3.05, 3.63) is 0 Å². The van der Waals surface area contributed by atoms with Crippen LogP contribution in [0.25, 0.3) is 0 Å². The molecule has 0 bridgehead atoms. The Labute approximate surface area is 122 Å². The summed E-state index contributed by atoms with van der Waals surface area (Å²) >= 11 is 0. The molecule has 2 amide bonds. The lowest BCUT2D eigenvalue weighted by Crippen LogP contribution is -2.63. The summed E-state index contributed by atoms with van der Waals surface area (Å²) in [6.45, 7) is 10.8. The van der Waals surface area contributed by atoms with Crippen molar-refractivity contribution in [2.24, 2.45) is 0 Å². The van der Waals surface area contributed by atoms with Gasteiger partial charge in [0.25, 0.3) is 0 Å². The Kier molecular flexibility index (Phi) is 5.99. The third kappa shape index (κ3) is 4.47. The van der Waals surface area contributed by atoms with Gasteiger partial charge in [0.2, 0.25) is 11.8 Å². The van der Waals surface area contributed by atoms with Crippen molar-refractivity contribution in [3.63, 3.8) is 0 Å². The van der Waals surface area contributed by atoms with E-state index in [-0.39, 0.29) is 29.5 Å². The van der Waals surface area contributed by atoms with Gasteiger partial charge in [-0.15, -0.1) is 0 Å². The van der Waals surface area contributed by atoms with Gasteiger partial charge in [-0.2, -0.15) is 0 Å². The van der Waals surface area contributed by atoms with Crippen LogP contribution in [-0.2, 0) is 14.3 Å². The number of nitrogens with one attached hydrogen (secondary N) is 1. The summed E-state index contributed by atoms with van der Waals surface area (Å²) in [6, 6.07) is -0.732. The molecular weight excluding hydrogens is 256 g/mol. The molecule has 0 aliphatic carbocycles. The van der Waals surface area contributed by atoms with E-state index in [1.54, 1.807) is 4.90 Å². The van der Waals surface area contributed by atoms with Gasteiger partial charge in [0, 0.05) is 6.54 Å². The van der Waals surface area contributed by atoms with Crippen molar-refractivity contribution >= 4 is 11.8 Å². The Balaban J connectivity index is 2.72. The molecule has 0 aromatic heterocycles. The van der Waals surface area contributed by atoms with Crippen molar-refractivity contribution < 1.29 is 14.3 Å². The summed E-state index contributed by atoms with van der Waals surface area (Å²) < 4.78 is 5.69. The number of hydrogen-bond donors (Lipinski definition) is 1. The molecule has 0 aromatic carbocycles. The van der Waals surface area contributed by atoms with Gasteiger partial charge in [0.05, 0.1) is 12.2 Å². The largest absolute Gasteiger partial charge is 0.374 e. The minimum absolute atomic E-state index is 0.0167. The van der Waals surface area contributed by atoms with Crippen LogP contribution in [0.1, 0.15) is 53.9 Å². The highest BCUT2D eigenvalue weighted by atomic mass is 16.5. The molecule has 1 aliphatic heterocycles. The number of rotatable bonds is 6. The Morgan fingerprint density at radius 3 is 2.40 bits per heavy atom. The number of nitrogens with zero attached hydrogens (tertiary/aromatic N) is 1. The Bertz CT molecular complexity index is 350. The van der Waals surface area contributed by atoms with Crippen LogP contribution in [0.3, 0.4) is 0 Å². The van der Waals surface area contributed by atoms with Crippen LogP contribution in [0.5, 0.6) is 0 Å². The summed E-state index contributed by atoms with van der Waals surface area (Å²) in [5.41, 5.74) is -0.231. The highest BCUT2D eigenvalue weighted by molar-refractivity contribution is 5.96. The monoisotopic (exact) mass is 284 g/mol. The lowest BCUT2D eigenvalue weighted by atomic mass is 10.0. The Morgan fingerprint density at radius 1 is 1.25 bits per heavy atom. The zero-order valence-electron chi connectivity index (χ0n) is 13.4. The molecule has 5 heteroatoms. The summed E-state index contributed by atoms with van der Waals surface area (Å²) in [5, 5.41) is 2.82. The van der Waals surface area contributed by atoms with Crippen molar-refractivity contribution in [2.45, 2.75) is 71.6 Å². The van der Waals surface area contributed by atoms with Gasteiger partial charge >= 0.3 is 0 Å². The first kappa shape index (κ1) is 17.0. The predicted molar refractivity (Wildman–Crippen MR) is 78.3 cm³/mol. The first-order valence-electron chi connectivity index (χ1n) is 7.55.